The van der Waals surface area contributed by atoms with Crippen molar-refractivity contribution in [2.45, 2.75) is 18.7 Å². The van der Waals surface area contributed by atoms with Crippen molar-refractivity contribution >= 4 is 5.97 Å². The highest BCUT2D eigenvalue weighted by molar-refractivity contribution is 5.74. The van der Waals surface area contributed by atoms with Crippen molar-refractivity contribution in [1.29, 1.82) is 0 Å². The van der Waals surface area contributed by atoms with Gasteiger partial charge in [0.15, 0.2) is 5.82 Å². The lowest BCUT2D eigenvalue weighted by molar-refractivity contribution is -0.274. The summed E-state index contributed by atoms with van der Waals surface area (Å²) in [6.45, 7) is 0. The Morgan fingerprint density at radius 1 is 1.41 bits per heavy atom. The quantitative estimate of drug-likeness (QED) is 0.905. The van der Waals surface area contributed by atoms with E-state index in [0.717, 1.165) is 0 Å². The van der Waals surface area contributed by atoms with Crippen LogP contribution in [0.1, 0.15) is 18.2 Å². The minimum absolute atomic E-state index is 0.193. The van der Waals surface area contributed by atoms with Crippen LogP contribution in [0, 0.1) is 5.92 Å². The summed E-state index contributed by atoms with van der Waals surface area (Å²) in [5.74, 6) is -1.37. The molecule has 3 rings (SSSR count). The minimum Gasteiger partial charge on any atom is -0.481 e. The number of carbonyl (C=O) groups is 1. The second kappa shape index (κ2) is 5.00. The normalized spacial score (nSPS) is 20.7. The van der Waals surface area contributed by atoms with Gasteiger partial charge in [-0.3, -0.25) is 9.89 Å². The van der Waals surface area contributed by atoms with Gasteiger partial charge in [-0.25, -0.2) is 4.98 Å². The molecule has 1 aliphatic rings. The molecule has 2 N–H and O–H groups in total. The number of nitrogens with one attached hydrogen (secondary N) is 1. The van der Waals surface area contributed by atoms with Gasteiger partial charge < -0.3 is 9.84 Å². The molecule has 0 bridgehead atoms. The number of aliphatic carboxylic acids is 1. The van der Waals surface area contributed by atoms with Gasteiger partial charge in [0.05, 0.1) is 5.92 Å². The van der Waals surface area contributed by atoms with Gasteiger partial charge in [-0.2, -0.15) is 5.10 Å². The maximum atomic E-state index is 12.2. The first-order valence-electron chi connectivity index (χ1n) is 6.35. The number of aromatic amines is 1. The summed E-state index contributed by atoms with van der Waals surface area (Å²) < 4.78 is 40.4. The third-order valence-electron chi connectivity index (χ3n) is 3.29. The largest absolute Gasteiger partial charge is 0.573 e. The smallest absolute Gasteiger partial charge is 0.481 e. The molecule has 2 atom stereocenters. The van der Waals surface area contributed by atoms with E-state index in [1.165, 1.54) is 24.3 Å². The Morgan fingerprint density at radius 3 is 2.82 bits per heavy atom. The van der Waals surface area contributed by atoms with Crippen LogP contribution in [0.3, 0.4) is 0 Å². The number of alkyl halides is 3. The SMILES string of the molecule is O=C(O)[C@@H]1C[C@H]1c1nc(-c2cccc(OC(F)(F)F)c2)n[nH]1. The molecule has 2 aromatic rings. The molecule has 1 heterocycles. The number of aromatic nitrogens is 3. The predicted molar refractivity (Wildman–Crippen MR) is 67.0 cm³/mol. The minimum atomic E-state index is -4.77. The molecule has 0 spiro atoms. The highest BCUT2D eigenvalue weighted by Gasteiger charge is 2.46. The average Bonchev–Trinajstić information content (AvgIpc) is 3.07. The van der Waals surface area contributed by atoms with Gasteiger partial charge in [0, 0.05) is 11.5 Å². The van der Waals surface area contributed by atoms with Crippen molar-refractivity contribution in [3.8, 4) is 17.1 Å². The molecule has 1 aromatic carbocycles. The topological polar surface area (TPSA) is 88.1 Å². The highest BCUT2D eigenvalue weighted by Crippen LogP contribution is 2.46. The van der Waals surface area contributed by atoms with E-state index in [1.54, 1.807) is 0 Å². The molecule has 1 fully saturated rings. The number of carboxylic acid groups (broad SMARTS) is 1. The fourth-order valence-corrected chi connectivity index (χ4v) is 2.17. The lowest BCUT2D eigenvalue weighted by Gasteiger charge is -2.08. The third kappa shape index (κ3) is 3.02. The summed E-state index contributed by atoms with van der Waals surface area (Å²) in [6.07, 6.45) is -4.30. The van der Waals surface area contributed by atoms with E-state index < -0.39 is 18.2 Å². The van der Waals surface area contributed by atoms with Gasteiger partial charge in [-0.05, 0) is 18.6 Å². The van der Waals surface area contributed by atoms with Crippen molar-refractivity contribution in [2.24, 2.45) is 5.92 Å². The standard InChI is InChI=1S/C13H10F3N3O3/c14-13(15,16)22-7-3-1-2-6(4-7)10-17-11(19-18-10)8-5-9(8)12(20)21/h1-4,8-9H,5H2,(H,20,21)(H,17,18,19)/t8-,9-/m1/s1. The van der Waals surface area contributed by atoms with E-state index in [1.807, 2.05) is 0 Å². The number of nitrogens with zero attached hydrogens (tertiary/aromatic N) is 2. The molecular weight excluding hydrogens is 303 g/mol. The van der Waals surface area contributed by atoms with Crippen LogP contribution in [0.4, 0.5) is 13.2 Å². The van der Waals surface area contributed by atoms with Crippen LogP contribution in [0.5, 0.6) is 5.75 Å². The van der Waals surface area contributed by atoms with Crippen molar-refractivity contribution in [2.75, 3.05) is 0 Å². The van der Waals surface area contributed by atoms with Crippen LogP contribution >= 0.6 is 0 Å². The average molecular weight is 313 g/mol. The fourth-order valence-electron chi connectivity index (χ4n) is 2.17. The van der Waals surface area contributed by atoms with Crippen molar-refractivity contribution in [3.05, 3.63) is 30.1 Å². The fraction of sp³-hybridized carbons (Fsp3) is 0.308. The number of halogens is 3. The molecule has 116 valence electrons. The zero-order chi connectivity index (χ0) is 15.9. The molecular formula is C13H10F3N3O3. The number of hydrogen-bond acceptors (Lipinski definition) is 4. The summed E-state index contributed by atoms with van der Waals surface area (Å²) in [5, 5.41) is 15.4. The Kier molecular flexibility index (Phi) is 3.27. The molecule has 0 radical (unpaired) electrons. The molecule has 0 unspecified atom stereocenters. The van der Waals surface area contributed by atoms with Crippen molar-refractivity contribution in [1.82, 2.24) is 15.2 Å². The maximum absolute atomic E-state index is 12.2. The molecule has 1 aromatic heterocycles. The molecule has 1 aliphatic carbocycles. The number of ether oxygens (including phenoxy) is 1. The maximum Gasteiger partial charge on any atom is 0.573 e. The Morgan fingerprint density at radius 2 is 2.18 bits per heavy atom. The molecule has 1 saturated carbocycles. The molecule has 0 saturated heterocycles. The Hall–Kier alpha value is -2.58. The molecule has 0 amide bonds. The van der Waals surface area contributed by atoms with Gasteiger partial charge in [0.25, 0.3) is 0 Å². The first-order valence-corrected chi connectivity index (χ1v) is 6.35. The van der Waals surface area contributed by atoms with E-state index in [2.05, 4.69) is 19.9 Å². The van der Waals surface area contributed by atoms with Gasteiger partial charge >= 0.3 is 12.3 Å². The van der Waals surface area contributed by atoms with Gasteiger partial charge in [-0.1, -0.05) is 12.1 Å². The zero-order valence-electron chi connectivity index (χ0n) is 11.0. The third-order valence-corrected chi connectivity index (χ3v) is 3.29. The second-order valence-corrected chi connectivity index (χ2v) is 4.91. The highest BCUT2D eigenvalue weighted by atomic mass is 19.4. The predicted octanol–water partition coefficient (Wildman–Crippen LogP) is 2.56. The van der Waals surface area contributed by atoms with Crippen molar-refractivity contribution in [3.63, 3.8) is 0 Å². The number of H-pyrrole nitrogens is 1. The zero-order valence-corrected chi connectivity index (χ0v) is 11.0. The number of carboxylic acids is 1. The lowest BCUT2D eigenvalue weighted by Crippen LogP contribution is -2.17. The van der Waals surface area contributed by atoms with Crippen LogP contribution in [0.15, 0.2) is 24.3 Å². The van der Waals surface area contributed by atoms with Gasteiger partial charge in [0.1, 0.15) is 11.6 Å². The summed E-state index contributed by atoms with van der Waals surface area (Å²) in [4.78, 5) is 15.0. The van der Waals surface area contributed by atoms with Crippen LogP contribution in [0.2, 0.25) is 0 Å². The van der Waals surface area contributed by atoms with E-state index in [4.69, 9.17) is 5.11 Å². The molecule has 22 heavy (non-hydrogen) atoms. The monoisotopic (exact) mass is 313 g/mol. The molecule has 6 nitrogen and oxygen atoms in total. The van der Waals surface area contributed by atoms with Crippen LogP contribution in [-0.2, 0) is 4.79 Å². The van der Waals surface area contributed by atoms with E-state index >= 15 is 0 Å². The second-order valence-electron chi connectivity index (χ2n) is 4.91. The first-order chi connectivity index (χ1) is 10.3. The molecule has 9 heteroatoms. The van der Waals surface area contributed by atoms with Gasteiger partial charge in [0.2, 0.25) is 0 Å². The van der Waals surface area contributed by atoms with Crippen LogP contribution in [0.25, 0.3) is 11.4 Å². The van der Waals surface area contributed by atoms with Crippen LogP contribution in [-0.4, -0.2) is 32.6 Å². The summed E-state index contributed by atoms with van der Waals surface area (Å²) in [7, 11) is 0. The molecule has 0 aliphatic heterocycles. The van der Waals surface area contributed by atoms with E-state index in [9.17, 15) is 18.0 Å². The summed E-state index contributed by atoms with van der Waals surface area (Å²) >= 11 is 0. The van der Waals surface area contributed by atoms with E-state index in [-0.39, 0.29) is 17.5 Å². The van der Waals surface area contributed by atoms with E-state index in [0.29, 0.717) is 17.8 Å². The van der Waals surface area contributed by atoms with Crippen molar-refractivity contribution < 1.29 is 27.8 Å². The number of rotatable bonds is 4. The van der Waals surface area contributed by atoms with Crippen LogP contribution < -0.4 is 4.74 Å². The first kappa shape index (κ1) is 14.4. The van der Waals surface area contributed by atoms with Gasteiger partial charge in [-0.15, -0.1) is 13.2 Å². The Balaban J connectivity index is 1.79. The number of hydrogen-bond donors (Lipinski definition) is 2. The summed E-state index contributed by atoms with van der Waals surface area (Å²) in [6, 6.07) is 5.27. The number of benzene rings is 1. The Bertz CT molecular complexity index is 714. The lowest BCUT2D eigenvalue weighted by atomic mass is 10.2. The summed E-state index contributed by atoms with van der Waals surface area (Å²) in [5.41, 5.74) is 0.344. The Labute approximate surface area is 121 Å².